The van der Waals surface area contributed by atoms with Crippen LogP contribution in [-0.4, -0.2) is 31.9 Å². The zero-order valence-corrected chi connectivity index (χ0v) is 15.6. The maximum Gasteiger partial charge on any atom is 0.343 e. The Hall–Kier alpha value is -3.87. The smallest absolute Gasteiger partial charge is 0.343 e. The molecule has 3 rings (SSSR count). The van der Waals surface area contributed by atoms with E-state index in [1.807, 2.05) is 18.2 Å². The lowest BCUT2D eigenvalue weighted by molar-refractivity contribution is 0.0735. The van der Waals surface area contributed by atoms with E-state index in [0.29, 0.717) is 22.8 Å². The predicted molar refractivity (Wildman–Crippen MR) is 112 cm³/mol. The molecule has 3 aromatic carbocycles. The number of benzene rings is 3. The summed E-state index contributed by atoms with van der Waals surface area (Å²) in [5.41, 5.74) is 13.2. The van der Waals surface area contributed by atoms with Crippen LogP contribution < -0.4 is 21.1 Å². The number of anilines is 1. The molecule has 0 aliphatic rings. The summed E-state index contributed by atoms with van der Waals surface area (Å²) in [6, 6.07) is 17.7. The summed E-state index contributed by atoms with van der Waals surface area (Å²) in [5.74, 6) is 0.376. The number of hydrogen-bond acceptors (Lipinski definition) is 4. The van der Waals surface area contributed by atoms with E-state index in [2.05, 4.69) is 4.99 Å². The first-order chi connectivity index (χ1) is 13.4. The molecule has 0 fully saturated rings. The van der Waals surface area contributed by atoms with Crippen LogP contribution in [0.3, 0.4) is 0 Å². The van der Waals surface area contributed by atoms with Gasteiger partial charge in [-0.15, -0.1) is 0 Å². The second kappa shape index (κ2) is 7.79. The fourth-order valence-corrected chi connectivity index (χ4v) is 2.72. The molecule has 0 amide bonds. The van der Waals surface area contributed by atoms with Gasteiger partial charge in [0.05, 0.1) is 5.56 Å². The first-order valence-corrected chi connectivity index (χ1v) is 8.55. The van der Waals surface area contributed by atoms with Crippen LogP contribution in [-0.2, 0) is 0 Å². The maximum atomic E-state index is 12.4. The largest absolute Gasteiger partial charge is 0.423 e. The summed E-state index contributed by atoms with van der Waals surface area (Å²) < 4.78 is 5.49. The number of carbonyl (C=O) groups is 1. The van der Waals surface area contributed by atoms with Gasteiger partial charge in [0, 0.05) is 25.3 Å². The maximum absolute atomic E-state index is 12.4. The Bertz CT molecular complexity index is 1070. The van der Waals surface area contributed by atoms with E-state index in [1.54, 1.807) is 61.5 Å². The average Bonchev–Trinajstić information content (AvgIpc) is 2.72. The first kappa shape index (κ1) is 18.9. The molecular formula is C21H21N5O2. The molecular weight excluding hydrogens is 354 g/mol. The monoisotopic (exact) mass is 375 g/mol. The first-order valence-electron chi connectivity index (χ1n) is 8.55. The predicted octanol–water partition coefficient (Wildman–Crippen LogP) is 2.72. The molecule has 0 unspecified atom stereocenters. The molecule has 28 heavy (non-hydrogen) atoms. The van der Waals surface area contributed by atoms with Gasteiger partial charge in [-0.2, -0.15) is 0 Å². The van der Waals surface area contributed by atoms with Gasteiger partial charge in [0.25, 0.3) is 0 Å². The Morgan fingerprint density at radius 3 is 2.21 bits per heavy atom. The molecule has 0 spiro atoms. The van der Waals surface area contributed by atoms with Gasteiger partial charge in [-0.1, -0.05) is 18.2 Å². The van der Waals surface area contributed by atoms with Crippen molar-refractivity contribution >= 4 is 34.2 Å². The molecule has 5 N–H and O–H groups in total. The second-order valence-electron chi connectivity index (χ2n) is 6.21. The fraction of sp³-hybridized carbons (Fsp3) is 0.0952. The molecule has 7 heteroatoms. The van der Waals surface area contributed by atoms with Crippen LogP contribution in [0.1, 0.15) is 15.9 Å². The van der Waals surface area contributed by atoms with Gasteiger partial charge >= 0.3 is 5.97 Å². The number of nitrogen functional groups attached to an aromatic ring is 1. The number of carbonyl (C=O) groups excluding carboxylic acids is 1. The van der Waals surface area contributed by atoms with Crippen LogP contribution in [0.2, 0.25) is 0 Å². The Balaban J connectivity index is 1.77. The third-order valence-corrected chi connectivity index (χ3v) is 4.40. The second-order valence-corrected chi connectivity index (χ2v) is 6.21. The molecule has 0 aliphatic carbocycles. The van der Waals surface area contributed by atoms with Crippen molar-refractivity contribution in [3.63, 3.8) is 0 Å². The number of esters is 1. The number of amidine groups is 1. The van der Waals surface area contributed by atoms with E-state index in [9.17, 15) is 4.79 Å². The Labute approximate surface area is 162 Å². The lowest BCUT2D eigenvalue weighted by Crippen LogP contribution is -2.33. The molecule has 3 aromatic rings. The lowest BCUT2D eigenvalue weighted by atomic mass is 10.1. The van der Waals surface area contributed by atoms with Crippen molar-refractivity contribution in [2.45, 2.75) is 0 Å². The van der Waals surface area contributed by atoms with E-state index in [1.165, 1.54) is 0 Å². The van der Waals surface area contributed by atoms with Gasteiger partial charge in [-0.25, -0.2) is 4.79 Å². The van der Waals surface area contributed by atoms with Crippen LogP contribution >= 0.6 is 0 Å². The third kappa shape index (κ3) is 3.93. The van der Waals surface area contributed by atoms with Crippen molar-refractivity contribution in [3.05, 3.63) is 71.8 Å². The quantitative estimate of drug-likeness (QED) is 0.280. The van der Waals surface area contributed by atoms with Crippen molar-refractivity contribution in [1.29, 1.82) is 5.41 Å². The number of nitrogens with two attached hydrogens (primary N) is 2. The minimum Gasteiger partial charge on any atom is -0.423 e. The summed E-state index contributed by atoms with van der Waals surface area (Å²) >= 11 is 0. The highest BCUT2D eigenvalue weighted by Crippen LogP contribution is 2.23. The number of ether oxygens (including phenoxy) is 1. The normalized spacial score (nSPS) is 11.3. The van der Waals surface area contributed by atoms with Gasteiger partial charge in [0.1, 0.15) is 11.6 Å². The standard InChI is InChI=1S/C21H21N5O2/c1-25-21(24)26(2)17-8-5-13(6-9-17)20(27)28-18-10-7-14-11-16(19(22)23)4-3-15(14)12-18/h3-12H,1-2H3,(H3,22,23)(H2,24,25). The topological polar surface area (TPSA) is 118 Å². The van der Waals surface area contributed by atoms with E-state index in [4.69, 9.17) is 21.6 Å². The van der Waals surface area contributed by atoms with Gasteiger partial charge < -0.3 is 21.1 Å². The zero-order chi connectivity index (χ0) is 20.3. The summed E-state index contributed by atoms with van der Waals surface area (Å²) in [7, 11) is 3.41. The highest BCUT2D eigenvalue weighted by Gasteiger charge is 2.11. The van der Waals surface area contributed by atoms with Crippen LogP contribution in [0.25, 0.3) is 10.8 Å². The molecule has 0 bridgehead atoms. The minimum atomic E-state index is -0.453. The molecule has 0 saturated carbocycles. The van der Waals surface area contributed by atoms with Crippen molar-refractivity contribution in [3.8, 4) is 5.75 Å². The van der Waals surface area contributed by atoms with Crippen LogP contribution in [0.15, 0.2) is 65.7 Å². The number of hydrogen-bond donors (Lipinski definition) is 3. The molecule has 0 radical (unpaired) electrons. The summed E-state index contributed by atoms with van der Waals surface area (Å²) in [5, 5.41) is 9.31. The summed E-state index contributed by atoms with van der Waals surface area (Å²) in [4.78, 5) is 18.1. The van der Waals surface area contributed by atoms with Gasteiger partial charge in [-0.05, 0) is 53.2 Å². The van der Waals surface area contributed by atoms with Crippen molar-refractivity contribution < 1.29 is 9.53 Å². The molecule has 0 aromatic heterocycles. The number of fused-ring (bicyclic) bond motifs is 1. The highest BCUT2D eigenvalue weighted by molar-refractivity contribution is 5.99. The minimum absolute atomic E-state index is 0.0125. The third-order valence-electron chi connectivity index (χ3n) is 4.40. The number of rotatable bonds is 4. The number of nitrogens with one attached hydrogen (secondary N) is 1. The van der Waals surface area contributed by atoms with Crippen molar-refractivity contribution in [2.24, 2.45) is 16.5 Å². The SMILES string of the molecule is CN=C(N)N(C)c1ccc(C(=O)Oc2ccc3cc(C(=N)N)ccc3c2)cc1. The number of nitrogens with zero attached hydrogens (tertiary/aromatic N) is 2. The molecule has 0 atom stereocenters. The van der Waals surface area contributed by atoms with E-state index >= 15 is 0 Å². The number of guanidine groups is 1. The zero-order valence-electron chi connectivity index (χ0n) is 15.6. The molecule has 142 valence electrons. The van der Waals surface area contributed by atoms with Crippen LogP contribution in [0, 0.1) is 5.41 Å². The van der Waals surface area contributed by atoms with Crippen molar-refractivity contribution in [2.75, 3.05) is 19.0 Å². The lowest BCUT2D eigenvalue weighted by Gasteiger charge is -2.17. The van der Waals surface area contributed by atoms with Gasteiger partial charge in [0.2, 0.25) is 0 Å². The van der Waals surface area contributed by atoms with Crippen molar-refractivity contribution in [1.82, 2.24) is 0 Å². The molecule has 0 heterocycles. The van der Waals surface area contributed by atoms with Crippen LogP contribution in [0.4, 0.5) is 5.69 Å². The summed E-state index contributed by atoms with van der Waals surface area (Å²) in [6.45, 7) is 0. The Morgan fingerprint density at radius 2 is 1.57 bits per heavy atom. The van der Waals surface area contributed by atoms with E-state index in [-0.39, 0.29) is 5.84 Å². The van der Waals surface area contributed by atoms with Gasteiger partial charge in [-0.3, -0.25) is 10.4 Å². The molecule has 0 saturated heterocycles. The van der Waals surface area contributed by atoms with E-state index in [0.717, 1.165) is 16.5 Å². The van der Waals surface area contributed by atoms with E-state index < -0.39 is 5.97 Å². The Morgan fingerprint density at radius 1 is 0.964 bits per heavy atom. The highest BCUT2D eigenvalue weighted by atomic mass is 16.5. The van der Waals surface area contributed by atoms with Crippen LogP contribution in [0.5, 0.6) is 5.75 Å². The molecule has 7 nitrogen and oxygen atoms in total. The van der Waals surface area contributed by atoms with Gasteiger partial charge in [0.15, 0.2) is 5.96 Å². The summed E-state index contributed by atoms with van der Waals surface area (Å²) in [6.07, 6.45) is 0. The Kier molecular flexibility index (Phi) is 5.26. The fourth-order valence-electron chi connectivity index (χ4n) is 2.72. The number of aliphatic imine (C=N–C) groups is 1. The molecule has 0 aliphatic heterocycles. The average molecular weight is 375 g/mol.